The van der Waals surface area contributed by atoms with Crippen LogP contribution in [0.5, 0.6) is 5.75 Å². The molecular weight excluding hydrogens is 437 g/mol. The largest absolute Gasteiger partial charge is 0.497 e. The van der Waals surface area contributed by atoms with Gasteiger partial charge in [-0.15, -0.1) is 0 Å². The lowest BCUT2D eigenvalue weighted by molar-refractivity contribution is 0.411. The maximum Gasteiger partial charge on any atom is 0.128 e. The monoisotopic (exact) mass is 473 g/mol. The van der Waals surface area contributed by atoms with E-state index in [0.717, 1.165) is 37.0 Å². The van der Waals surface area contributed by atoms with Gasteiger partial charge in [0.05, 0.1) is 7.11 Å². The van der Waals surface area contributed by atoms with Crippen LogP contribution in [-0.2, 0) is 12.8 Å². The first-order valence-corrected chi connectivity index (χ1v) is 12.3. The van der Waals surface area contributed by atoms with Gasteiger partial charge >= 0.3 is 0 Å². The lowest BCUT2D eigenvalue weighted by Crippen LogP contribution is -2.32. The van der Waals surface area contributed by atoms with Crippen molar-refractivity contribution in [2.75, 3.05) is 12.4 Å². The molecule has 1 saturated carbocycles. The average molecular weight is 474 g/mol. The highest BCUT2D eigenvalue weighted by Gasteiger charge is 2.25. The summed E-state index contributed by atoms with van der Waals surface area (Å²) in [4.78, 5) is 0. The highest BCUT2D eigenvalue weighted by atomic mass is 19.1. The second kappa shape index (κ2) is 10.9. The predicted octanol–water partition coefficient (Wildman–Crippen LogP) is 6.52. The minimum Gasteiger partial charge on any atom is -0.497 e. The maximum absolute atomic E-state index is 13.9. The zero-order valence-corrected chi connectivity index (χ0v) is 21.2. The number of nitrogens with one attached hydrogen (secondary N) is 2. The van der Waals surface area contributed by atoms with Crippen LogP contribution in [0.25, 0.3) is 0 Å². The number of fused-ring (bicyclic) bond motifs is 1. The molecule has 2 aromatic rings. The number of rotatable bonds is 8. The van der Waals surface area contributed by atoms with Crippen LogP contribution in [0.1, 0.15) is 51.2 Å². The summed E-state index contributed by atoms with van der Waals surface area (Å²) in [6.07, 6.45) is 9.52. The number of benzene rings is 2. The molecule has 4 nitrogen and oxygen atoms in total. The molecule has 0 aliphatic heterocycles. The van der Waals surface area contributed by atoms with Gasteiger partial charge in [-0.2, -0.15) is 0 Å². The molecule has 2 aliphatic rings. The van der Waals surface area contributed by atoms with Crippen molar-refractivity contribution in [3.05, 3.63) is 105 Å². The molecular formula is C30H36FN3O. The normalized spacial score (nSPS) is 15.9. The van der Waals surface area contributed by atoms with Crippen molar-refractivity contribution in [2.45, 2.75) is 58.9 Å². The van der Waals surface area contributed by atoms with Crippen LogP contribution in [-0.4, -0.2) is 13.2 Å². The topological polar surface area (TPSA) is 59.3 Å². The molecule has 0 bridgehead atoms. The van der Waals surface area contributed by atoms with Crippen LogP contribution in [0.3, 0.4) is 0 Å². The predicted molar refractivity (Wildman–Crippen MR) is 143 cm³/mol. The van der Waals surface area contributed by atoms with Gasteiger partial charge in [-0.25, -0.2) is 4.39 Å². The fourth-order valence-electron chi connectivity index (χ4n) is 4.78. The molecule has 0 heterocycles. The van der Waals surface area contributed by atoms with Gasteiger partial charge in [0.15, 0.2) is 0 Å². The van der Waals surface area contributed by atoms with E-state index in [2.05, 4.69) is 54.8 Å². The van der Waals surface area contributed by atoms with Gasteiger partial charge in [-0.3, -0.25) is 0 Å². The standard InChI is InChI=1S/C30H36FN3O/c1-19(2)29(17-25(32)12-20(3)33-27-15-24(31)16-28(18-27)35-4)30(21-10-7-11-21)34-26-13-22-8-5-6-9-23(22)14-26/h5-6,8-9,12,15-18,26,33-34H,7,10-11,13-14,32H2,1-4H3/b20-12+,25-17+. The number of hydrogen-bond acceptors (Lipinski definition) is 4. The summed E-state index contributed by atoms with van der Waals surface area (Å²) in [5.41, 5.74) is 16.5. The van der Waals surface area contributed by atoms with Crippen LogP contribution in [0.2, 0.25) is 0 Å². The van der Waals surface area contributed by atoms with Crippen molar-refractivity contribution >= 4 is 5.69 Å². The second-order valence-electron chi connectivity index (χ2n) is 9.74. The zero-order valence-electron chi connectivity index (χ0n) is 21.2. The third kappa shape index (κ3) is 6.16. The van der Waals surface area contributed by atoms with Crippen LogP contribution >= 0.6 is 0 Å². The number of nitrogens with two attached hydrogens (primary N) is 1. The molecule has 5 heteroatoms. The molecule has 2 aliphatic carbocycles. The van der Waals surface area contributed by atoms with Crippen molar-refractivity contribution in [3.8, 4) is 5.75 Å². The first kappa shape index (κ1) is 24.6. The Morgan fingerprint density at radius 2 is 1.71 bits per heavy atom. The molecule has 0 aromatic heterocycles. The summed E-state index contributed by atoms with van der Waals surface area (Å²) >= 11 is 0. The SMILES string of the molecule is COc1cc(F)cc(N/C(C)=C/C(N)=C\C(=C(C)C)C(NC2Cc3ccccc3C2)=C2CCC2)c1. The van der Waals surface area contributed by atoms with Gasteiger partial charge < -0.3 is 21.1 Å². The number of methoxy groups -OCH3 is 1. The van der Waals surface area contributed by atoms with E-state index in [1.807, 2.05) is 13.0 Å². The maximum atomic E-state index is 13.9. The van der Waals surface area contributed by atoms with Crippen molar-refractivity contribution in [1.29, 1.82) is 0 Å². The molecule has 35 heavy (non-hydrogen) atoms. The van der Waals surface area contributed by atoms with Crippen LogP contribution in [0.4, 0.5) is 10.1 Å². The number of allylic oxidation sites excluding steroid dienone is 5. The Hall–Kier alpha value is -3.47. The van der Waals surface area contributed by atoms with E-state index in [1.165, 1.54) is 53.6 Å². The average Bonchev–Trinajstić information content (AvgIpc) is 3.17. The Kier molecular flexibility index (Phi) is 7.64. The third-order valence-electron chi connectivity index (χ3n) is 6.66. The molecule has 0 saturated heterocycles. The Morgan fingerprint density at radius 3 is 2.29 bits per heavy atom. The van der Waals surface area contributed by atoms with Crippen molar-refractivity contribution < 1.29 is 9.13 Å². The van der Waals surface area contributed by atoms with Crippen molar-refractivity contribution in [2.24, 2.45) is 5.73 Å². The van der Waals surface area contributed by atoms with Gasteiger partial charge in [0.25, 0.3) is 0 Å². The Bertz CT molecular complexity index is 1190. The minimum atomic E-state index is -0.355. The Balaban J connectivity index is 1.54. The number of ether oxygens (including phenoxy) is 1. The van der Waals surface area contributed by atoms with Gasteiger partial charge in [0, 0.05) is 41.0 Å². The molecule has 0 spiro atoms. The molecule has 0 atom stereocenters. The number of hydrogen-bond donors (Lipinski definition) is 3. The Labute approximate surface area is 208 Å². The molecule has 2 aromatic carbocycles. The quantitative estimate of drug-likeness (QED) is 0.382. The molecule has 0 unspecified atom stereocenters. The summed E-state index contributed by atoms with van der Waals surface area (Å²) in [6, 6.07) is 13.7. The third-order valence-corrected chi connectivity index (χ3v) is 6.66. The van der Waals surface area contributed by atoms with Gasteiger partial charge in [-0.1, -0.05) is 29.8 Å². The molecule has 4 N–H and O–H groups in total. The highest BCUT2D eigenvalue weighted by molar-refractivity contribution is 5.54. The first-order valence-electron chi connectivity index (χ1n) is 12.3. The van der Waals surface area contributed by atoms with Gasteiger partial charge in [0.1, 0.15) is 11.6 Å². The van der Waals surface area contributed by atoms with Gasteiger partial charge in [-0.05, 0) is 93.4 Å². The first-order chi connectivity index (χ1) is 16.8. The summed E-state index contributed by atoms with van der Waals surface area (Å²) in [6.45, 7) is 6.19. The zero-order chi connectivity index (χ0) is 24.9. The Morgan fingerprint density at radius 1 is 1.03 bits per heavy atom. The fourth-order valence-corrected chi connectivity index (χ4v) is 4.78. The molecule has 4 rings (SSSR count). The lowest BCUT2D eigenvalue weighted by atomic mass is 9.86. The van der Waals surface area contributed by atoms with Crippen LogP contribution in [0, 0.1) is 5.82 Å². The smallest absolute Gasteiger partial charge is 0.128 e. The van der Waals surface area contributed by atoms with Crippen molar-refractivity contribution in [1.82, 2.24) is 5.32 Å². The van der Waals surface area contributed by atoms with Crippen LogP contribution < -0.4 is 21.1 Å². The van der Waals surface area contributed by atoms with E-state index in [-0.39, 0.29) is 5.82 Å². The van der Waals surface area contributed by atoms with E-state index in [4.69, 9.17) is 10.5 Å². The van der Waals surface area contributed by atoms with E-state index < -0.39 is 0 Å². The van der Waals surface area contributed by atoms with Crippen LogP contribution in [0.15, 0.2) is 88.4 Å². The van der Waals surface area contributed by atoms with E-state index in [9.17, 15) is 4.39 Å². The fraction of sp³-hybridized carbons (Fsp3) is 0.333. The summed E-state index contributed by atoms with van der Waals surface area (Å²) in [7, 11) is 1.52. The minimum absolute atomic E-state index is 0.355. The highest BCUT2D eigenvalue weighted by Crippen LogP contribution is 2.34. The number of halogens is 1. The lowest BCUT2D eigenvalue weighted by Gasteiger charge is -2.28. The molecule has 0 amide bonds. The summed E-state index contributed by atoms with van der Waals surface area (Å²) in [5, 5.41) is 7.10. The number of anilines is 1. The van der Waals surface area contributed by atoms with E-state index >= 15 is 0 Å². The van der Waals surface area contributed by atoms with E-state index in [0.29, 0.717) is 23.2 Å². The molecule has 1 fully saturated rings. The summed E-state index contributed by atoms with van der Waals surface area (Å²) in [5.74, 6) is 0.111. The van der Waals surface area contributed by atoms with Gasteiger partial charge in [0.2, 0.25) is 0 Å². The van der Waals surface area contributed by atoms with Crippen molar-refractivity contribution in [3.63, 3.8) is 0 Å². The molecule has 0 radical (unpaired) electrons. The second-order valence-corrected chi connectivity index (χ2v) is 9.74. The summed E-state index contributed by atoms with van der Waals surface area (Å²) < 4.78 is 19.0. The molecule has 184 valence electrons. The van der Waals surface area contributed by atoms with E-state index in [1.54, 1.807) is 6.07 Å².